The molecule has 0 aromatic heterocycles. The van der Waals surface area contributed by atoms with Crippen LogP contribution in [0.25, 0.3) is 6.08 Å². The summed E-state index contributed by atoms with van der Waals surface area (Å²) in [5, 5.41) is 20.3. The third-order valence-corrected chi connectivity index (χ3v) is 9.36. The van der Waals surface area contributed by atoms with E-state index in [1.165, 1.54) is 17.7 Å². The van der Waals surface area contributed by atoms with Crippen LogP contribution in [0.4, 0.5) is 4.39 Å². The number of benzene rings is 1. The van der Waals surface area contributed by atoms with Crippen molar-refractivity contribution in [3.05, 3.63) is 46.3 Å². The lowest BCUT2D eigenvalue weighted by molar-refractivity contribution is -0.143. The number of hydrogen-bond acceptors (Lipinski definition) is 5. The predicted octanol–water partition coefficient (Wildman–Crippen LogP) is 6.03. The molecule has 39 heavy (non-hydrogen) atoms. The minimum atomic E-state index is -0.975. The van der Waals surface area contributed by atoms with Crippen LogP contribution >= 0.6 is 0 Å². The Hall–Kier alpha value is -2.45. The van der Waals surface area contributed by atoms with E-state index in [1.54, 1.807) is 11.0 Å². The number of halogens is 1. The molecule has 0 unspecified atom stereocenters. The smallest absolute Gasteiger partial charge is 0.455 e. The Bertz CT molecular complexity index is 1160. The number of phenolic OH excluding ortho intramolecular Hbond substituents is 1. The zero-order chi connectivity index (χ0) is 27.7. The van der Waals surface area contributed by atoms with Crippen molar-refractivity contribution in [2.24, 2.45) is 17.8 Å². The van der Waals surface area contributed by atoms with E-state index < -0.39 is 18.9 Å². The highest BCUT2D eigenvalue weighted by Crippen LogP contribution is 2.52. The molecule has 0 bridgehead atoms. The van der Waals surface area contributed by atoms with Gasteiger partial charge in [0.05, 0.1) is 17.9 Å². The number of nitrogens with zero attached hydrogens (tertiary/aromatic N) is 1. The van der Waals surface area contributed by atoms with E-state index in [9.17, 15) is 24.1 Å². The fourth-order valence-electron chi connectivity index (χ4n) is 7.54. The zero-order valence-electron chi connectivity index (χ0n) is 23.2. The first-order valence-corrected chi connectivity index (χ1v) is 14.9. The molecular weight excluding hydrogens is 496 g/mol. The average molecular weight is 537 g/mol. The van der Waals surface area contributed by atoms with Crippen molar-refractivity contribution in [3.63, 3.8) is 0 Å². The van der Waals surface area contributed by atoms with Gasteiger partial charge in [-0.15, -0.1) is 0 Å². The molecule has 1 aromatic carbocycles. The number of rotatable bonds is 8. The van der Waals surface area contributed by atoms with Gasteiger partial charge in [0, 0.05) is 6.04 Å². The van der Waals surface area contributed by atoms with Crippen molar-refractivity contribution in [2.45, 2.75) is 103 Å². The number of hydrogen-bond donors (Lipinski definition) is 2. The number of phenols is 1. The highest BCUT2D eigenvalue weighted by Gasteiger charge is 2.58. The van der Waals surface area contributed by atoms with Gasteiger partial charge in [-0.2, -0.15) is 0 Å². The summed E-state index contributed by atoms with van der Waals surface area (Å²) in [5.41, 5.74) is 4.17. The molecule has 6 nitrogen and oxygen atoms in total. The number of imide groups is 1. The second kappa shape index (κ2) is 12.0. The summed E-state index contributed by atoms with van der Waals surface area (Å²) in [6.45, 7) is 4.19. The maximum absolute atomic E-state index is 13.9. The fourth-order valence-corrected chi connectivity index (χ4v) is 7.54. The van der Waals surface area contributed by atoms with Crippen LogP contribution in [0.5, 0.6) is 5.75 Å². The molecule has 1 saturated carbocycles. The zero-order valence-corrected chi connectivity index (χ0v) is 23.2. The van der Waals surface area contributed by atoms with Crippen LogP contribution < -0.4 is 0 Å². The number of aromatic hydroxyl groups is 1. The van der Waals surface area contributed by atoms with Gasteiger partial charge in [-0.1, -0.05) is 62.8 Å². The lowest BCUT2D eigenvalue weighted by Crippen LogP contribution is -2.46. The SMILES string of the molecule is CCCC1=C2[C@@H](CC/C(=C/c3ccc(O)c(F)c3)CC)OB(O)C[C@@H]2[C@@H]2C(=O)N(C3CCCCC3)C(=O)[C@@H]2C1. The number of carbonyl (C=O) groups is 2. The molecule has 3 fully saturated rings. The second-order valence-corrected chi connectivity index (χ2v) is 11.8. The third-order valence-electron chi connectivity index (χ3n) is 9.36. The van der Waals surface area contributed by atoms with Gasteiger partial charge in [-0.05, 0) is 80.5 Å². The highest BCUT2D eigenvalue weighted by molar-refractivity contribution is 6.43. The van der Waals surface area contributed by atoms with Crippen molar-refractivity contribution in [3.8, 4) is 5.75 Å². The highest BCUT2D eigenvalue weighted by atomic mass is 19.1. The molecule has 5 rings (SSSR count). The van der Waals surface area contributed by atoms with Crippen molar-refractivity contribution < 1.29 is 28.8 Å². The Kier molecular flexibility index (Phi) is 8.62. The van der Waals surface area contributed by atoms with Crippen LogP contribution in [-0.4, -0.2) is 46.1 Å². The molecule has 210 valence electrons. The lowest BCUT2D eigenvalue weighted by Gasteiger charge is -2.43. The number of likely N-dealkylation sites (tertiary alicyclic amines) is 1. The molecule has 0 spiro atoms. The quantitative estimate of drug-likeness (QED) is 0.240. The molecule has 2 saturated heterocycles. The fraction of sp³-hybridized carbons (Fsp3) is 0.613. The van der Waals surface area contributed by atoms with Crippen molar-refractivity contribution in [2.75, 3.05) is 0 Å². The van der Waals surface area contributed by atoms with E-state index in [-0.39, 0.29) is 41.5 Å². The van der Waals surface area contributed by atoms with Gasteiger partial charge in [-0.3, -0.25) is 14.5 Å². The lowest BCUT2D eigenvalue weighted by atomic mass is 9.58. The topological polar surface area (TPSA) is 87.1 Å². The number of allylic oxidation sites excluding steroid dienone is 2. The van der Waals surface area contributed by atoms with Crippen LogP contribution in [0.15, 0.2) is 34.9 Å². The van der Waals surface area contributed by atoms with Gasteiger partial charge in [0.25, 0.3) is 0 Å². The van der Waals surface area contributed by atoms with Gasteiger partial charge in [0.15, 0.2) is 11.6 Å². The Labute approximate surface area is 231 Å². The van der Waals surface area contributed by atoms with Crippen LogP contribution in [-0.2, 0) is 14.2 Å². The minimum Gasteiger partial charge on any atom is -0.505 e. The van der Waals surface area contributed by atoms with Gasteiger partial charge >= 0.3 is 7.12 Å². The number of amides is 2. The molecule has 4 aliphatic rings. The summed E-state index contributed by atoms with van der Waals surface area (Å²) in [4.78, 5) is 29.1. The van der Waals surface area contributed by atoms with E-state index in [0.717, 1.165) is 62.5 Å². The largest absolute Gasteiger partial charge is 0.505 e. The first-order chi connectivity index (χ1) is 18.8. The van der Waals surface area contributed by atoms with Crippen LogP contribution in [0, 0.1) is 23.6 Å². The van der Waals surface area contributed by atoms with Crippen molar-refractivity contribution in [1.29, 1.82) is 0 Å². The third kappa shape index (κ3) is 5.60. The minimum absolute atomic E-state index is 0.000540. The van der Waals surface area contributed by atoms with Crippen LogP contribution in [0.1, 0.15) is 90.0 Å². The molecule has 2 aliphatic carbocycles. The summed E-state index contributed by atoms with van der Waals surface area (Å²) in [6.07, 6.45) is 11.6. The molecule has 2 heterocycles. The molecule has 4 atom stereocenters. The molecular formula is C31H41BFNO5. The Morgan fingerprint density at radius 2 is 1.92 bits per heavy atom. The van der Waals surface area contributed by atoms with Crippen LogP contribution in [0.2, 0.25) is 6.32 Å². The van der Waals surface area contributed by atoms with Gasteiger partial charge < -0.3 is 14.8 Å². The number of fused-ring (bicyclic) bond motifs is 3. The van der Waals surface area contributed by atoms with E-state index in [1.807, 2.05) is 6.08 Å². The Balaban J connectivity index is 1.40. The molecule has 2 aliphatic heterocycles. The van der Waals surface area contributed by atoms with E-state index >= 15 is 0 Å². The molecule has 1 aromatic rings. The second-order valence-electron chi connectivity index (χ2n) is 11.8. The Morgan fingerprint density at radius 3 is 2.62 bits per heavy atom. The Morgan fingerprint density at radius 1 is 1.15 bits per heavy atom. The van der Waals surface area contributed by atoms with E-state index in [4.69, 9.17) is 4.65 Å². The monoisotopic (exact) mass is 537 g/mol. The standard InChI is InChI=1S/C31H41BFNO5/c1-3-8-21-17-23-29(31(37)34(30(23)36)22-9-6-5-7-10-22)24-18-32(38)39-27(28(21)24)14-12-19(4-2)15-20-11-13-26(35)25(33)16-20/h11,13,15-16,22-24,27,29,35,38H,3-10,12,14,17-18H2,1-2H3/b19-15+/t23-,24+,27-,29-/m1/s1. The molecule has 0 radical (unpaired) electrons. The molecule has 2 amide bonds. The maximum atomic E-state index is 13.9. The molecule has 8 heteroatoms. The summed E-state index contributed by atoms with van der Waals surface area (Å²) in [6, 6.07) is 4.39. The normalized spacial score (nSPS) is 28.3. The first kappa shape index (κ1) is 28.1. The van der Waals surface area contributed by atoms with Gasteiger partial charge in [0.2, 0.25) is 11.8 Å². The summed E-state index contributed by atoms with van der Waals surface area (Å²) < 4.78 is 20.0. The molecule has 2 N–H and O–H groups in total. The first-order valence-electron chi connectivity index (χ1n) is 14.9. The van der Waals surface area contributed by atoms with Crippen molar-refractivity contribution in [1.82, 2.24) is 4.90 Å². The maximum Gasteiger partial charge on any atom is 0.455 e. The summed E-state index contributed by atoms with van der Waals surface area (Å²) in [5.74, 6) is -1.96. The van der Waals surface area contributed by atoms with Crippen molar-refractivity contribution >= 4 is 25.0 Å². The summed E-state index contributed by atoms with van der Waals surface area (Å²) >= 11 is 0. The van der Waals surface area contributed by atoms with E-state index in [0.29, 0.717) is 31.1 Å². The van der Waals surface area contributed by atoms with E-state index in [2.05, 4.69) is 13.8 Å². The average Bonchev–Trinajstić information content (AvgIpc) is 3.18. The van der Waals surface area contributed by atoms with Crippen LogP contribution in [0.3, 0.4) is 0 Å². The number of carbonyl (C=O) groups excluding carboxylic acids is 2. The summed E-state index contributed by atoms with van der Waals surface area (Å²) in [7, 11) is -0.975. The van der Waals surface area contributed by atoms with Gasteiger partial charge in [0.1, 0.15) is 0 Å². The van der Waals surface area contributed by atoms with Gasteiger partial charge in [-0.25, -0.2) is 4.39 Å². The predicted molar refractivity (Wildman–Crippen MR) is 149 cm³/mol.